The molecule has 0 radical (unpaired) electrons. The van der Waals surface area contributed by atoms with E-state index in [9.17, 15) is 13.0 Å². The van der Waals surface area contributed by atoms with Crippen LogP contribution in [0.3, 0.4) is 0 Å². The normalized spacial score (nSPS) is 16.2. The Hall–Kier alpha value is -1.83. The van der Waals surface area contributed by atoms with E-state index in [-0.39, 0.29) is 26.2 Å². The van der Waals surface area contributed by atoms with E-state index < -0.39 is 10.1 Å². The average Bonchev–Trinajstić information content (AvgIpc) is 3.28. The van der Waals surface area contributed by atoms with Gasteiger partial charge in [-0.1, -0.05) is 0 Å². The Balaban J connectivity index is 1.75. The summed E-state index contributed by atoms with van der Waals surface area (Å²) in [6.07, 6.45) is 5.48. The van der Waals surface area contributed by atoms with E-state index in [0.717, 1.165) is 18.5 Å². The molecule has 1 aliphatic heterocycles. The van der Waals surface area contributed by atoms with Crippen LogP contribution in [0.4, 0.5) is 5.69 Å². The van der Waals surface area contributed by atoms with Crippen molar-refractivity contribution in [3.63, 3.8) is 0 Å². The van der Waals surface area contributed by atoms with E-state index in [2.05, 4.69) is 86.6 Å². The van der Waals surface area contributed by atoms with Crippen molar-refractivity contribution >= 4 is 57.9 Å². The number of fused-ring (bicyclic) bond motifs is 2. The molecular formula is C28H34N2O3S2Se. The SMILES string of the molecule is CCC(/C=C1\Sc2cc(C)c(C)cc2N1CC)=C\c1[se]c2ccc(C)cc2[n+]1CC(C)CS(=O)(=O)[O-]. The van der Waals surface area contributed by atoms with Gasteiger partial charge in [0.2, 0.25) is 0 Å². The molecule has 0 bridgehead atoms. The molecule has 0 N–H and O–H groups in total. The van der Waals surface area contributed by atoms with Gasteiger partial charge < -0.3 is 0 Å². The summed E-state index contributed by atoms with van der Waals surface area (Å²) in [5.41, 5.74) is 7.46. The summed E-state index contributed by atoms with van der Waals surface area (Å²) >= 11 is 1.94. The van der Waals surface area contributed by atoms with Crippen LogP contribution in [-0.4, -0.2) is 39.8 Å². The van der Waals surface area contributed by atoms with Gasteiger partial charge in [0.1, 0.15) is 0 Å². The second-order valence-corrected chi connectivity index (χ2v) is 14.4. The number of aryl methyl sites for hydroxylation is 3. The van der Waals surface area contributed by atoms with Crippen LogP contribution in [0.25, 0.3) is 15.9 Å². The Morgan fingerprint density at radius 3 is 2.56 bits per heavy atom. The molecule has 3 aromatic rings. The standard InChI is InChI=1S/C28H34N2O3S2Se/c1-7-22(14-27-29(8-2)23-12-20(5)21(6)13-25(23)34-27)15-28-30(16-19(4)17-35(31,32)33)24-11-18(3)9-10-26(24)36-28/h9-15,19H,7-8,16-17H2,1-6H3. The maximum absolute atomic E-state index is 11.4. The number of hydrogen-bond donors (Lipinski definition) is 0. The molecule has 0 saturated carbocycles. The first kappa shape index (κ1) is 27.2. The fourth-order valence-electron chi connectivity index (χ4n) is 4.57. The minimum absolute atomic E-state index is 0.114. The van der Waals surface area contributed by atoms with Crippen LogP contribution in [0.5, 0.6) is 0 Å². The summed E-state index contributed by atoms with van der Waals surface area (Å²) in [5.74, 6) is -0.609. The maximum atomic E-state index is 11.4. The predicted molar refractivity (Wildman–Crippen MR) is 151 cm³/mol. The molecule has 8 heteroatoms. The summed E-state index contributed by atoms with van der Waals surface area (Å²) < 4.78 is 39.0. The zero-order chi connectivity index (χ0) is 26.2. The molecule has 5 nitrogen and oxygen atoms in total. The Morgan fingerprint density at radius 2 is 1.89 bits per heavy atom. The Morgan fingerprint density at radius 1 is 1.17 bits per heavy atom. The molecule has 1 aliphatic rings. The van der Waals surface area contributed by atoms with E-state index in [4.69, 9.17) is 0 Å². The van der Waals surface area contributed by atoms with Crippen molar-refractivity contribution in [2.75, 3.05) is 17.2 Å². The van der Waals surface area contributed by atoms with Gasteiger partial charge in [0.25, 0.3) is 0 Å². The summed E-state index contributed by atoms with van der Waals surface area (Å²) in [5, 5.41) is 1.24. The number of nitrogens with zero attached hydrogens (tertiary/aromatic N) is 2. The molecule has 0 amide bonds. The van der Waals surface area contributed by atoms with Crippen molar-refractivity contribution in [2.24, 2.45) is 5.92 Å². The number of aromatic nitrogens is 1. The number of benzene rings is 2. The predicted octanol–water partition coefficient (Wildman–Crippen LogP) is 5.56. The topological polar surface area (TPSA) is 64.3 Å². The van der Waals surface area contributed by atoms with Gasteiger partial charge in [0.05, 0.1) is 0 Å². The molecule has 0 aliphatic carbocycles. The van der Waals surface area contributed by atoms with Crippen LogP contribution < -0.4 is 9.47 Å². The first-order chi connectivity index (χ1) is 17.0. The van der Waals surface area contributed by atoms with Crippen LogP contribution in [0.1, 0.15) is 48.5 Å². The van der Waals surface area contributed by atoms with E-state index in [1.54, 1.807) is 0 Å². The van der Waals surface area contributed by atoms with Crippen molar-refractivity contribution in [3.8, 4) is 0 Å². The molecule has 36 heavy (non-hydrogen) atoms. The van der Waals surface area contributed by atoms with Crippen LogP contribution >= 0.6 is 11.8 Å². The Labute approximate surface area is 225 Å². The number of anilines is 1. The zero-order valence-electron chi connectivity index (χ0n) is 21.8. The number of thioether (sulfide) groups is 1. The second-order valence-electron chi connectivity index (χ2n) is 9.66. The van der Waals surface area contributed by atoms with Gasteiger partial charge in [0.15, 0.2) is 0 Å². The Kier molecular flexibility index (Phi) is 8.22. The third-order valence-corrected chi connectivity index (χ3v) is 11.0. The van der Waals surface area contributed by atoms with Crippen molar-refractivity contribution in [2.45, 2.75) is 59.4 Å². The van der Waals surface area contributed by atoms with Crippen molar-refractivity contribution in [3.05, 3.63) is 68.3 Å². The van der Waals surface area contributed by atoms with Gasteiger partial charge in [-0.05, 0) is 0 Å². The summed E-state index contributed by atoms with van der Waals surface area (Å²) in [4.78, 5) is 3.69. The molecule has 2 aromatic carbocycles. The van der Waals surface area contributed by atoms with Gasteiger partial charge in [-0.3, -0.25) is 0 Å². The molecule has 4 rings (SSSR count). The first-order valence-electron chi connectivity index (χ1n) is 12.3. The number of allylic oxidation sites excluding steroid dienone is 2. The van der Waals surface area contributed by atoms with Crippen LogP contribution in [0, 0.1) is 26.7 Å². The number of rotatable bonds is 8. The van der Waals surface area contributed by atoms with Crippen LogP contribution in [0.2, 0.25) is 0 Å². The third-order valence-electron chi connectivity index (χ3n) is 6.56. The fourth-order valence-corrected chi connectivity index (χ4v) is 9.02. The molecular weight excluding hydrogens is 555 g/mol. The molecule has 1 atom stereocenters. The molecule has 192 valence electrons. The first-order valence-corrected chi connectivity index (χ1v) is 16.4. The average molecular weight is 590 g/mol. The van der Waals surface area contributed by atoms with Gasteiger partial charge >= 0.3 is 226 Å². The number of hydrogen-bond acceptors (Lipinski definition) is 5. The van der Waals surface area contributed by atoms with Crippen molar-refractivity contribution in [1.82, 2.24) is 0 Å². The van der Waals surface area contributed by atoms with Gasteiger partial charge in [-0.15, -0.1) is 0 Å². The van der Waals surface area contributed by atoms with E-state index in [0.29, 0.717) is 6.54 Å². The van der Waals surface area contributed by atoms with E-state index >= 15 is 0 Å². The summed E-state index contributed by atoms with van der Waals surface area (Å²) in [6, 6.07) is 11.1. The van der Waals surface area contributed by atoms with Crippen LogP contribution in [-0.2, 0) is 16.7 Å². The molecule has 0 saturated heterocycles. The van der Waals surface area contributed by atoms with E-state index in [1.165, 1.54) is 46.7 Å². The molecule has 0 fully saturated rings. The Bertz CT molecular complexity index is 1470. The van der Waals surface area contributed by atoms with E-state index in [1.807, 2.05) is 18.7 Å². The fraction of sp³-hybridized carbons (Fsp3) is 0.393. The summed E-state index contributed by atoms with van der Waals surface area (Å²) in [7, 11) is -4.27. The molecule has 2 heterocycles. The summed E-state index contributed by atoms with van der Waals surface area (Å²) in [6.45, 7) is 14.0. The van der Waals surface area contributed by atoms with Gasteiger partial charge in [-0.25, -0.2) is 0 Å². The van der Waals surface area contributed by atoms with Gasteiger partial charge in [-0.2, -0.15) is 0 Å². The third kappa shape index (κ3) is 6.00. The minimum atomic E-state index is -4.27. The molecule has 1 aromatic heterocycles. The monoisotopic (exact) mass is 590 g/mol. The van der Waals surface area contributed by atoms with Crippen molar-refractivity contribution < 1.29 is 17.5 Å². The quantitative estimate of drug-likeness (QED) is 0.196. The second kappa shape index (κ2) is 10.9. The van der Waals surface area contributed by atoms with Crippen molar-refractivity contribution in [1.29, 1.82) is 0 Å². The molecule has 0 spiro atoms. The molecule has 1 unspecified atom stereocenters. The van der Waals surface area contributed by atoms with Gasteiger partial charge in [0, 0.05) is 0 Å². The van der Waals surface area contributed by atoms with Crippen LogP contribution in [0.15, 0.2) is 51.9 Å². The zero-order valence-corrected chi connectivity index (χ0v) is 25.1.